The number of nitrogens with two attached hydrogens (primary N) is 1. The van der Waals surface area contributed by atoms with E-state index in [2.05, 4.69) is 44.4 Å². The number of halogens is 1. The summed E-state index contributed by atoms with van der Waals surface area (Å²) in [4.78, 5) is 29.7. The highest BCUT2D eigenvalue weighted by atomic mass is 35.5. The van der Waals surface area contributed by atoms with E-state index >= 15 is 0 Å². The lowest BCUT2D eigenvalue weighted by molar-refractivity contribution is -0.117. The number of primary amides is 1. The molecule has 0 fully saturated rings. The van der Waals surface area contributed by atoms with E-state index in [4.69, 9.17) is 20.2 Å². The summed E-state index contributed by atoms with van der Waals surface area (Å²) in [6.45, 7) is 11.2. The number of nitrogens with one attached hydrogen (secondary N) is 2. The second kappa shape index (κ2) is 12.1. The van der Waals surface area contributed by atoms with Crippen molar-refractivity contribution in [2.75, 3.05) is 18.5 Å². The largest absolute Gasteiger partial charge is 0.490 e. The van der Waals surface area contributed by atoms with Crippen molar-refractivity contribution in [1.29, 1.82) is 0 Å². The lowest BCUT2D eigenvalue weighted by Crippen LogP contribution is -2.33. The number of hydrogen-bond donors (Lipinski definition) is 3. The van der Waals surface area contributed by atoms with E-state index in [1.54, 1.807) is 6.07 Å². The Morgan fingerprint density at radius 3 is 2.48 bits per heavy atom. The predicted molar refractivity (Wildman–Crippen MR) is 168 cm³/mol. The van der Waals surface area contributed by atoms with Crippen LogP contribution in [0, 0.1) is 0 Å². The van der Waals surface area contributed by atoms with Crippen molar-refractivity contribution in [3.8, 4) is 11.5 Å². The molecule has 0 atom stereocenters. The fourth-order valence-corrected chi connectivity index (χ4v) is 5.63. The first-order valence-corrected chi connectivity index (χ1v) is 14.1. The summed E-state index contributed by atoms with van der Waals surface area (Å²) in [6, 6.07) is 17.7. The van der Waals surface area contributed by atoms with Crippen LogP contribution in [-0.4, -0.2) is 41.8 Å². The number of amides is 2. The van der Waals surface area contributed by atoms with Crippen LogP contribution in [0.5, 0.6) is 11.5 Å². The van der Waals surface area contributed by atoms with E-state index in [1.165, 1.54) is 5.56 Å². The summed E-state index contributed by atoms with van der Waals surface area (Å²) in [5.41, 5.74) is 11.8. The first-order chi connectivity index (χ1) is 19.5. The summed E-state index contributed by atoms with van der Waals surface area (Å²) < 4.78 is 12.4. The molecule has 0 unspecified atom stereocenters. The Bertz CT molecular complexity index is 1530. The van der Waals surface area contributed by atoms with Crippen LogP contribution < -0.4 is 25.8 Å². The van der Waals surface area contributed by atoms with Crippen LogP contribution in [0.25, 0.3) is 0 Å². The average molecular weight is 591 g/mol. The van der Waals surface area contributed by atoms with Gasteiger partial charge in [0.2, 0.25) is 5.91 Å². The number of ether oxygens (including phenoxy) is 2. The number of fused-ring (bicyclic) bond motifs is 3. The summed E-state index contributed by atoms with van der Waals surface area (Å²) in [5, 5.41) is 6.05. The number of anilines is 1. The number of benzene rings is 3. The van der Waals surface area contributed by atoms with Gasteiger partial charge >= 0.3 is 0 Å². The van der Waals surface area contributed by atoms with Crippen LogP contribution in [0.1, 0.15) is 72.8 Å². The van der Waals surface area contributed by atoms with E-state index in [0.29, 0.717) is 24.4 Å². The molecule has 2 heterocycles. The van der Waals surface area contributed by atoms with Crippen LogP contribution in [-0.2, 0) is 24.2 Å². The molecule has 0 saturated carbocycles. The third-order valence-electron chi connectivity index (χ3n) is 7.27. The molecule has 3 aromatic carbocycles. The quantitative estimate of drug-likeness (QED) is 0.316. The first kappa shape index (κ1) is 30.9. The SMILES string of the molecule is CCOc1cc2c(c3c1OC(C)(C)C3)C(c1ccc(C(=O)NCC(N)=O)c(NCc3ccccc3)c1)=NC(C)(C)C2.Cl. The average Bonchev–Trinajstić information content (AvgIpc) is 3.25. The molecule has 4 N–H and O–H groups in total. The van der Waals surface area contributed by atoms with Gasteiger partial charge in [-0.1, -0.05) is 36.4 Å². The maximum atomic E-state index is 13.1. The molecule has 0 aromatic heterocycles. The van der Waals surface area contributed by atoms with Gasteiger partial charge in [0.05, 0.1) is 30.0 Å². The smallest absolute Gasteiger partial charge is 0.253 e. The Labute approximate surface area is 253 Å². The monoisotopic (exact) mass is 590 g/mol. The molecule has 0 radical (unpaired) electrons. The fourth-order valence-electron chi connectivity index (χ4n) is 5.63. The van der Waals surface area contributed by atoms with Crippen molar-refractivity contribution in [2.24, 2.45) is 10.7 Å². The lowest BCUT2D eigenvalue weighted by atomic mass is 9.80. The highest BCUT2D eigenvalue weighted by molar-refractivity contribution is 6.17. The Kier molecular flexibility index (Phi) is 8.87. The highest BCUT2D eigenvalue weighted by Gasteiger charge is 2.40. The molecular formula is C33H39ClN4O4. The molecule has 2 aliphatic rings. The van der Waals surface area contributed by atoms with Crippen LogP contribution in [0.15, 0.2) is 59.6 Å². The highest BCUT2D eigenvalue weighted by Crippen LogP contribution is 2.48. The zero-order valence-corrected chi connectivity index (χ0v) is 25.6. The normalized spacial score (nSPS) is 15.7. The van der Waals surface area contributed by atoms with Crippen LogP contribution >= 0.6 is 12.4 Å². The molecule has 0 aliphatic carbocycles. The molecule has 222 valence electrons. The lowest BCUT2D eigenvalue weighted by Gasteiger charge is -2.31. The van der Waals surface area contributed by atoms with Crippen LogP contribution in [0.2, 0.25) is 0 Å². The maximum Gasteiger partial charge on any atom is 0.253 e. The minimum Gasteiger partial charge on any atom is -0.490 e. The van der Waals surface area contributed by atoms with E-state index in [-0.39, 0.29) is 36.0 Å². The summed E-state index contributed by atoms with van der Waals surface area (Å²) >= 11 is 0. The summed E-state index contributed by atoms with van der Waals surface area (Å²) in [5.74, 6) is 0.577. The molecule has 0 saturated heterocycles. The molecule has 8 nitrogen and oxygen atoms in total. The van der Waals surface area contributed by atoms with Crippen molar-refractivity contribution < 1.29 is 19.1 Å². The van der Waals surface area contributed by atoms with Gasteiger partial charge in [-0.3, -0.25) is 14.6 Å². The summed E-state index contributed by atoms with van der Waals surface area (Å²) in [6.07, 6.45) is 1.50. The predicted octanol–water partition coefficient (Wildman–Crippen LogP) is 5.22. The van der Waals surface area contributed by atoms with Gasteiger partial charge in [0.15, 0.2) is 11.5 Å². The van der Waals surface area contributed by atoms with Gasteiger partial charge in [-0.05, 0) is 70.4 Å². The molecule has 0 spiro atoms. The molecule has 0 bridgehead atoms. The third kappa shape index (κ3) is 6.54. The van der Waals surface area contributed by atoms with E-state index in [0.717, 1.165) is 52.3 Å². The number of hydrogen-bond acceptors (Lipinski definition) is 6. The molecule has 5 rings (SSSR count). The Balaban J connectivity index is 0.00000405. The second-order valence-corrected chi connectivity index (χ2v) is 11.9. The fraction of sp³-hybridized carbons (Fsp3) is 0.364. The zero-order chi connectivity index (χ0) is 29.4. The van der Waals surface area contributed by atoms with Gasteiger partial charge in [-0.2, -0.15) is 0 Å². The van der Waals surface area contributed by atoms with Crippen LogP contribution in [0.3, 0.4) is 0 Å². The number of aliphatic imine (C=N–C) groups is 1. The Morgan fingerprint density at radius 1 is 1.05 bits per heavy atom. The van der Waals surface area contributed by atoms with E-state index in [1.807, 2.05) is 49.4 Å². The van der Waals surface area contributed by atoms with Crippen LogP contribution in [0.4, 0.5) is 5.69 Å². The zero-order valence-electron chi connectivity index (χ0n) is 24.8. The van der Waals surface area contributed by atoms with E-state index in [9.17, 15) is 9.59 Å². The van der Waals surface area contributed by atoms with Gasteiger partial charge in [0, 0.05) is 35.3 Å². The van der Waals surface area contributed by atoms with Gasteiger partial charge in [0.1, 0.15) is 5.60 Å². The van der Waals surface area contributed by atoms with Gasteiger partial charge in [-0.15, -0.1) is 12.4 Å². The van der Waals surface area contributed by atoms with Gasteiger partial charge in [-0.25, -0.2) is 0 Å². The minimum atomic E-state index is -0.602. The topological polar surface area (TPSA) is 115 Å². The number of carbonyl (C=O) groups is 2. The van der Waals surface area contributed by atoms with Crippen molar-refractivity contribution in [2.45, 2.75) is 65.1 Å². The number of rotatable bonds is 9. The Hall–Kier alpha value is -4.04. The minimum absolute atomic E-state index is 0. The molecule has 42 heavy (non-hydrogen) atoms. The van der Waals surface area contributed by atoms with Crippen molar-refractivity contribution in [3.05, 3.63) is 88.0 Å². The van der Waals surface area contributed by atoms with Gasteiger partial charge in [0.25, 0.3) is 5.91 Å². The van der Waals surface area contributed by atoms with E-state index < -0.39 is 5.91 Å². The molecule has 2 amide bonds. The standard InChI is InChI=1S/C33H38N4O4.ClH/c1-6-40-26-15-22-16-32(2,3)37-29(28(22)24-17-33(4,5)41-30(24)26)21-12-13-23(31(39)36-19-27(34)38)25(14-21)35-18-20-10-8-7-9-11-20;/h7-15,35H,6,16-19H2,1-5H3,(H2,34,38)(H,36,39);1H. The number of nitrogens with zero attached hydrogens (tertiary/aromatic N) is 1. The summed E-state index contributed by atoms with van der Waals surface area (Å²) in [7, 11) is 0. The molecule has 2 aliphatic heterocycles. The third-order valence-corrected chi connectivity index (χ3v) is 7.27. The molecule has 9 heteroatoms. The van der Waals surface area contributed by atoms with Crippen molar-refractivity contribution >= 4 is 35.6 Å². The Morgan fingerprint density at radius 2 is 1.79 bits per heavy atom. The second-order valence-electron chi connectivity index (χ2n) is 11.9. The van der Waals surface area contributed by atoms with Crippen molar-refractivity contribution in [1.82, 2.24) is 5.32 Å². The molecular weight excluding hydrogens is 552 g/mol. The van der Waals surface area contributed by atoms with Crippen molar-refractivity contribution in [3.63, 3.8) is 0 Å². The first-order valence-electron chi connectivity index (χ1n) is 14.1. The number of carbonyl (C=O) groups excluding carboxylic acids is 2. The van der Waals surface area contributed by atoms with Gasteiger partial charge < -0.3 is 25.8 Å². The maximum absolute atomic E-state index is 13.1. The molecule has 3 aromatic rings.